The van der Waals surface area contributed by atoms with E-state index < -0.39 is 0 Å². The van der Waals surface area contributed by atoms with Crippen molar-refractivity contribution in [3.8, 4) is 44.8 Å². The Hall–Kier alpha value is -7.76. The van der Waals surface area contributed by atoms with Gasteiger partial charge in [-0.15, -0.1) is 22.7 Å². The maximum absolute atomic E-state index is 2.44. The van der Waals surface area contributed by atoms with E-state index in [1.165, 1.54) is 117 Å². The van der Waals surface area contributed by atoms with Crippen molar-refractivity contribution in [2.24, 2.45) is 0 Å². The van der Waals surface area contributed by atoms with Crippen molar-refractivity contribution >= 4 is 107 Å². The molecule has 0 saturated heterocycles. The van der Waals surface area contributed by atoms with Crippen molar-refractivity contribution in [3.05, 3.63) is 218 Å². The Bertz CT molecular complexity index is 3940. The molecule has 4 heteroatoms. The molecule has 4 heterocycles. The van der Waals surface area contributed by atoms with Crippen LogP contribution in [0.2, 0.25) is 0 Å². The highest BCUT2D eigenvalue weighted by Gasteiger charge is 2.18. The lowest BCUT2D eigenvalue weighted by Crippen LogP contribution is -1.96. The van der Waals surface area contributed by atoms with E-state index in [0.717, 1.165) is 11.4 Å². The van der Waals surface area contributed by atoms with E-state index in [1.807, 2.05) is 22.7 Å². The van der Waals surface area contributed by atoms with Crippen molar-refractivity contribution in [2.45, 2.75) is 0 Å². The Balaban J connectivity index is 0.877. The molecule has 10 aromatic carbocycles. The maximum Gasteiger partial charge on any atom is 0.0541 e. The highest BCUT2D eigenvalue weighted by atomic mass is 32.1. The predicted octanol–water partition coefficient (Wildman–Crippen LogP) is 17.6. The normalized spacial score (nSPS) is 12.1. The molecule has 0 aliphatic rings. The van der Waals surface area contributed by atoms with E-state index in [0.29, 0.717) is 0 Å². The average molecular weight is 849 g/mol. The van der Waals surface area contributed by atoms with Gasteiger partial charge in [0.25, 0.3) is 0 Å². The van der Waals surface area contributed by atoms with Crippen LogP contribution in [0.4, 0.5) is 0 Å². The van der Waals surface area contributed by atoms with Gasteiger partial charge in [-0.2, -0.15) is 0 Å². The largest absolute Gasteiger partial charge is 0.309 e. The summed E-state index contributed by atoms with van der Waals surface area (Å²) in [6, 6.07) is 80.8. The zero-order valence-electron chi connectivity index (χ0n) is 34.5. The van der Waals surface area contributed by atoms with Gasteiger partial charge in [0.05, 0.1) is 22.1 Å². The molecule has 0 unspecified atom stereocenters. The summed E-state index contributed by atoms with van der Waals surface area (Å²) < 4.78 is 10.2. The summed E-state index contributed by atoms with van der Waals surface area (Å²) in [5, 5.41) is 10.3. The van der Waals surface area contributed by atoms with E-state index in [2.05, 4.69) is 228 Å². The van der Waals surface area contributed by atoms with Crippen LogP contribution in [0, 0.1) is 0 Å². The molecule has 0 saturated carbocycles. The monoisotopic (exact) mass is 848 g/mol. The minimum absolute atomic E-state index is 1.14. The second-order valence-electron chi connectivity index (χ2n) is 16.8. The highest BCUT2D eigenvalue weighted by Crippen LogP contribution is 2.44. The Kier molecular flexibility index (Phi) is 7.76. The van der Waals surface area contributed by atoms with Crippen LogP contribution in [0.15, 0.2) is 218 Å². The average Bonchev–Trinajstić information content (AvgIpc) is 4.11. The number of hydrogen-bond acceptors (Lipinski definition) is 2. The van der Waals surface area contributed by atoms with Crippen LogP contribution in [0.25, 0.3) is 129 Å². The smallest absolute Gasteiger partial charge is 0.0541 e. The van der Waals surface area contributed by atoms with Gasteiger partial charge in [-0.1, -0.05) is 146 Å². The van der Waals surface area contributed by atoms with Crippen LogP contribution in [0.1, 0.15) is 0 Å². The van der Waals surface area contributed by atoms with Crippen molar-refractivity contribution in [1.29, 1.82) is 0 Å². The van der Waals surface area contributed by atoms with Gasteiger partial charge in [0.15, 0.2) is 0 Å². The number of aromatic nitrogens is 2. The van der Waals surface area contributed by atoms with E-state index in [9.17, 15) is 0 Å². The third-order valence-electron chi connectivity index (χ3n) is 13.3. The number of fused-ring (bicyclic) bond motifs is 12. The molecule has 0 aliphatic heterocycles. The molecule has 14 rings (SSSR count). The molecule has 64 heavy (non-hydrogen) atoms. The van der Waals surface area contributed by atoms with Gasteiger partial charge in [-0.3, -0.25) is 0 Å². The summed E-state index contributed by atoms with van der Waals surface area (Å²) >= 11 is 3.78. The molecule has 0 bridgehead atoms. The Morgan fingerprint density at radius 2 is 0.641 bits per heavy atom. The SMILES string of the molecule is c1cc(-c2cccc(-n3c4ccccc4c4cc(-c5cccc6c5sc5ccccc56)ccc43)c2)cc(-n2c3ccccc3c3cc(-c4cccc5c4sc4ccccc45)ccc32)c1. The topological polar surface area (TPSA) is 9.86 Å². The van der Waals surface area contributed by atoms with Gasteiger partial charge in [-0.05, 0) is 106 Å². The Morgan fingerprint density at radius 3 is 1.12 bits per heavy atom. The molecule has 0 atom stereocenters. The van der Waals surface area contributed by atoms with Crippen LogP contribution in [-0.2, 0) is 0 Å². The van der Waals surface area contributed by atoms with Crippen LogP contribution < -0.4 is 0 Å². The van der Waals surface area contributed by atoms with E-state index in [-0.39, 0.29) is 0 Å². The molecule has 0 N–H and O–H groups in total. The van der Waals surface area contributed by atoms with Gasteiger partial charge in [0.1, 0.15) is 0 Å². The van der Waals surface area contributed by atoms with Crippen LogP contribution >= 0.6 is 22.7 Å². The Morgan fingerprint density at radius 1 is 0.250 bits per heavy atom. The van der Waals surface area contributed by atoms with Crippen LogP contribution in [0.5, 0.6) is 0 Å². The molecule has 14 aromatic rings. The van der Waals surface area contributed by atoms with Crippen molar-refractivity contribution in [1.82, 2.24) is 9.13 Å². The molecular formula is C60H36N2S2. The fourth-order valence-electron chi connectivity index (χ4n) is 10.4. The number of benzene rings is 10. The first-order valence-corrected chi connectivity index (χ1v) is 23.5. The second kappa shape index (κ2) is 13.9. The lowest BCUT2D eigenvalue weighted by Gasteiger charge is -2.13. The van der Waals surface area contributed by atoms with Gasteiger partial charge in [0.2, 0.25) is 0 Å². The first-order chi connectivity index (χ1) is 31.7. The van der Waals surface area contributed by atoms with Gasteiger partial charge in [0, 0.05) is 73.3 Å². The number of para-hydroxylation sites is 2. The molecule has 4 aromatic heterocycles. The van der Waals surface area contributed by atoms with E-state index in [4.69, 9.17) is 0 Å². The molecule has 298 valence electrons. The molecule has 0 radical (unpaired) electrons. The highest BCUT2D eigenvalue weighted by molar-refractivity contribution is 7.26. The second-order valence-corrected chi connectivity index (χ2v) is 18.9. The molecule has 0 spiro atoms. The summed E-state index contributed by atoms with van der Waals surface area (Å²) in [5.74, 6) is 0. The molecule has 0 aliphatic carbocycles. The van der Waals surface area contributed by atoms with E-state index in [1.54, 1.807) is 0 Å². The summed E-state index contributed by atoms with van der Waals surface area (Å²) in [4.78, 5) is 0. The molecular weight excluding hydrogens is 813 g/mol. The summed E-state index contributed by atoms with van der Waals surface area (Å²) in [7, 11) is 0. The lowest BCUT2D eigenvalue weighted by molar-refractivity contribution is 1.17. The summed E-state index contributed by atoms with van der Waals surface area (Å²) in [6.07, 6.45) is 0. The number of thiophene rings is 2. The van der Waals surface area contributed by atoms with Crippen molar-refractivity contribution in [3.63, 3.8) is 0 Å². The van der Waals surface area contributed by atoms with E-state index >= 15 is 0 Å². The fourth-order valence-corrected chi connectivity index (χ4v) is 12.9. The minimum atomic E-state index is 1.14. The van der Waals surface area contributed by atoms with Crippen molar-refractivity contribution < 1.29 is 0 Å². The molecule has 0 fully saturated rings. The number of hydrogen-bond donors (Lipinski definition) is 0. The van der Waals surface area contributed by atoms with Crippen LogP contribution in [-0.4, -0.2) is 9.13 Å². The van der Waals surface area contributed by atoms with Crippen molar-refractivity contribution in [2.75, 3.05) is 0 Å². The third-order valence-corrected chi connectivity index (χ3v) is 15.8. The van der Waals surface area contributed by atoms with Gasteiger partial charge < -0.3 is 9.13 Å². The Labute approximate surface area is 376 Å². The number of rotatable bonds is 5. The standard InChI is InChI=1S/C60H36N2S2/c1-5-25-53-45(17-1)51-35-39(43-21-11-23-49-47-19-3-7-27-57(47)63-59(43)49)29-31-55(51)61(53)41-15-9-13-37(33-41)38-14-10-16-42(34-38)62-54-26-6-2-18-46(54)52-36-40(30-32-56(52)62)44-22-12-24-50-48-20-4-8-28-58(48)64-60(44)50/h1-36H. The minimum Gasteiger partial charge on any atom is -0.309 e. The first kappa shape index (κ1) is 35.8. The van der Waals surface area contributed by atoms with Crippen LogP contribution in [0.3, 0.4) is 0 Å². The third kappa shape index (κ3) is 5.30. The predicted molar refractivity (Wildman–Crippen MR) is 277 cm³/mol. The quantitative estimate of drug-likeness (QED) is 0.163. The van der Waals surface area contributed by atoms with Gasteiger partial charge in [-0.25, -0.2) is 0 Å². The molecule has 2 nitrogen and oxygen atoms in total. The maximum atomic E-state index is 2.44. The zero-order chi connectivity index (χ0) is 41.9. The summed E-state index contributed by atoms with van der Waals surface area (Å²) in [5.41, 5.74) is 14.5. The zero-order valence-corrected chi connectivity index (χ0v) is 36.1. The number of nitrogens with zero attached hydrogens (tertiary/aromatic N) is 2. The first-order valence-electron chi connectivity index (χ1n) is 21.8. The summed E-state index contributed by atoms with van der Waals surface area (Å²) in [6.45, 7) is 0. The fraction of sp³-hybridized carbons (Fsp3) is 0. The molecule has 0 amide bonds. The lowest BCUT2D eigenvalue weighted by atomic mass is 10.0. The van der Waals surface area contributed by atoms with Gasteiger partial charge >= 0.3 is 0 Å².